The number of rotatable bonds is 6. The maximum atomic E-state index is 14.0. The number of nitrogens with zero attached hydrogens (tertiary/aromatic N) is 4. The Bertz CT molecular complexity index is 1880. The number of allylic oxidation sites excluding steroid dienone is 1. The summed E-state index contributed by atoms with van der Waals surface area (Å²) in [6.07, 6.45) is 6.46. The molecule has 0 saturated heterocycles. The summed E-state index contributed by atoms with van der Waals surface area (Å²) in [5, 5.41) is 0.691. The second-order valence-electron chi connectivity index (χ2n) is 9.25. The average molecular weight is 646 g/mol. The molecule has 0 radical (unpaired) electrons. The van der Waals surface area contributed by atoms with Gasteiger partial charge in [0.1, 0.15) is 0 Å². The van der Waals surface area contributed by atoms with E-state index in [0.717, 1.165) is 24.3 Å². The van der Waals surface area contributed by atoms with E-state index in [2.05, 4.69) is 108 Å². The first-order valence-electron chi connectivity index (χ1n) is 13.4. The summed E-state index contributed by atoms with van der Waals surface area (Å²) in [6.45, 7) is 8.85. The first-order valence-corrected chi connectivity index (χ1v) is 16.8. The Morgan fingerprint density at radius 2 is 1.59 bits per heavy atom. The molecule has 7 heteroatoms. The molecule has 0 amide bonds. The number of hydrogen-bond donors (Lipinski definition) is 0. The van der Waals surface area contributed by atoms with Gasteiger partial charge in [-0.15, -0.1) is 0 Å². The molecule has 5 nitrogen and oxygen atoms in total. The van der Waals surface area contributed by atoms with Gasteiger partial charge in [0.15, 0.2) is 0 Å². The van der Waals surface area contributed by atoms with Crippen molar-refractivity contribution >= 4 is 61.5 Å². The monoisotopic (exact) mass is 647 g/mol. The summed E-state index contributed by atoms with van der Waals surface area (Å²) in [6, 6.07) is 27.6. The van der Waals surface area contributed by atoms with Crippen LogP contribution in [-0.2, 0) is 13.1 Å². The van der Waals surface area contributed by atoms with Crippen molar-refractivity contribution in [2.45, 2.75) is 33.9 Å². The van der Waals surface area contributed by atoms with Gasteiger partial charge >= 0.3 is 242 Å². The molecule has 3 aromatic carbocycles. The molecule has 0 spiro atoms. The van der Waals surface area contributed by atoms with Crippen molar-refractivity contribution < 1.29 is 4.57 Å². The Morgan fingerprint density at radius 1 is 0.846 bits per heavy atom. The number of aryl methyl sites for hydroxylation is 1. The standard InChI is InChI=1S/C32H31N4OSe2/c1-4-33-24-16-10-12-18-27(24)38-30(33)21-20-26-32(37)35(6-3)29(36(26)23-14-8-7-9-15-23)22-31-34(5-2)25-17-11-13-19-28(25)39-31/h7-22H,4-6H2,1-3H3/q+1/b26-20-,30-21+. The van der Waals surface area contributed by atoms with Crippen molar-refractivity contribution in [3.05, 3.63) is 115 Å². The normalized spacial score (nSPS) is 15.2. The van der Waals surface area contributed by atoms with E-state index in [0.29, 0.717) is 11.9 Å². The van der Waals surface area contributed by atoms with Gasteiger partial charge in [0.2, 0.25) is 0 Å². The predicted molar refractivity (Wildman–Crippen MR) is 163 cm³/mol. The van der Waals surface area contributed by atoms with Gasteiger partial charge in [0.25, 0.3) is 0 Å². The van der Waals surface area contributed by atoms with E-state index in [1.54, 1.807) is 0 Å². The molecule has 0 atom stereocenters. The van der Waals surface area contributed by atoms with Crippen LogP contribution in [0, 0.1) is 0 Å². The Balaban J connectivity index is 1.62. The number of anilines is 1. The van der Waals surface area contributed by atoms with Gasteiger partial charge in [-0.05, 0) is 0 Å². The minimum absolute atomic E-state index is 0.0437. The first kappa shape index (κ1) is 25.9. The fourth-order valence-corrected chi connectivity index (χ4v) is 10.1. The quantitative estimate of drug-likeness (QED) is 0.210. The molecule has 2 aromatic heterocycles. The average Bonchev–Trinajstić information content (AvgIpc) is 3.60. The van der Waals surface area contributed by atoms with Crippen LogP contribution in [0.5, 0.6) is 0 Å². The minimum atomic E-state index is 0.0437. The third-order valence-electron chi connectivity index (χ3n) is 7.08. The molecule has 0 saturated carbocycles. The van der Waals surface area contributed by atoms with Crippen LogP contribution in [0.4, 0.5) is 5.69 Å². The molecule has 6 rings (SSSR count). The number of hydrogen-bond acceptors (Lipinski definition) is 2. The summed E-state index contributed by atoms with van der Waals surface area (Å²) in [5.74, 6) is 0. The summed E-state index contributed by atoms with van der Waals surface area (Å²) in [5.41, 5.74) is 4.54. The van der Waals surface area contributed by atoms with E-state index in [1.807, 2.05) is 28.8 Å². The zero-order chi connectivity index (χ0) is 26.9. The van der Waals surface area contributed by atoms with Crippen molar-refractivity contribution in [2.24, 2.45) is 0 Å². The van der Waals surface area contributed by atoms with Gasteiger partial charge in [0, 0.05) is 0 Å². The molecule has 3 heterocycles. The van der Waals surface area contributed by atoms with Gasteiger partial charge in [0.05, 0.1) is 0 Å². The Kier molecular flexibility index (Phi) is 7.33. The van der Waals surface area contributed by atoms with Crippen LogP contribution in [0.2, 0.25) is 0 Å². The number of para-hydroxylation sites is 3. The van der Waals surface area contributed by atoms with E-state index in [1.165, 1.54) is 29.1 Å². The third kappa shape index (κ3) is 4.60. The second kappa shape index (κ2) is 11.0. The molecule has 39 heavy (non-hydrogen) atoms. The topological polar surface area (TPSA) is 34.0 Å². The van der Waals surface area contributed by atoms with E-state index >= 15 is 0 Å². The second-order valence-corrected chi connectivity index (χ2v) is 13.7. The van der Waals surface area contributed by atoms with Crippen molar-refractivity contribution in [3.63, 3.8) is 0 Å². The van der Waals surface area contributed by atoms with Gasteiger partial charge in [-0.25, -0.2) is 0 Å². The molecule has 1 aliphatic rings. The molecule has 0 N–H and O–H groups in total. The SMILES string of the molecule is CCN1/C(=C\C=c2\c(=O)n(CC)/c(=C\c3[se]c4ccccc4[n+]3CC)n2-c2ccccc2)[Se]c2ccccc21. The Hall–Kier alpha value is -3.34. The van der Waals surface area contributed by atoms with Crippen LogP contribution in [0.15, 0.2) is 94.3 Å². The van der Waals surface area contributed by atoms with Crippen LogP contribution in [0.3, 0.4) is 0 Å². The number of benzene rings is 3. The number of fused-ring (bicyclic) bond motifs is 2. The zero-order valence-corrected chi connectivity index (χ0v) is 25.8. The summed E-state index contributed by atoms with van der Waals surface area (Å²) < 4.78 is 11.8. The van der Waals surface area contributed by atoms with Crippen molar-refractivity contribution in [3.8, 4) is 5.69 Å². The van der Waals surface area contributed by atoms with Gasteiger partial charge in [-0.1, -0.05) is 0 Å². The Morgan fingerprint density at radius 3 is 2.36 bits per heavy atom. The van der Waals surface area contributed by atoms with Crippen molar-refractivity contribution in [1.29, 1.82) is 0 Å². The molecule has 196 valence electrons. The fraction of sp³-hybridized carbons (Fsp3) is 0.188. The van der Waals surface area contributed by atoms with Crippen molar-refractivity contribution in [1.82, 2.24) is 9.13 Å². The van der Waals surface area contributed by atoms with Gasteiger partial charge in [-0.2, -0.15) is 0 Å². The maximum absolute atomic E-state index is 14.0. The molecular weight excluding hydrogens is 614 g/mol. The molecule has 5 aromatic rings. The van der Waals surface area contributed by atoms with Crippen LogP contribution < -0.4 is 30.3 Å². The van der Waals surface area contributed by atoms with Crippen molar-refractivity contribution in [2.75, 3.05) is 11.4 Å². The molecule has 0 unspecified atom stereocenters. The molecular formula is C32H31N4OSe2+. The van der Waals surface area contributed by atoms with E-state index in [-0.39, 0.29) is 35.0 Å². The van der Waals surface area contributed by atoms with E-state index in [4.69, 9.17) is 0 Å². The predicted octanol–water partition coefficient (Wildman–Crippen LogP) is 2.50. The van der Waals surface area contributed by atoms with Crippen LogP contribution in [0.1, 0.15) is 25.3 Å². The molecule has 0 bridgehead atoms. The van der Waals surface area contributed by atoms with E-state index in [9.17, 15) is 4.79 Å². The Labute approximate surface area is 240 Å². The van der Waals surface area contributed by atoms with E-state index < -0.39 is 0 Å². The summed E-state index contributed by atoms with van der Waals surface area (Å²) in [7, 11) is 0. The third-order valence-corrected chi connectivity index (χ3v) is 11.8. The molecule has 1 aliphatic heterocycles. The molecule has 0 fully saturated rings. The van der Waals surface area contributed by atoms with Crippen LogP contribution in [0.25, 0.3) is 27.6 Å². The molecule has 0 aliphatic carbocycles. The zero-order valence-electron chi connectivity index (χ0n) is 22.4. The summed E-state index contributed by atoms with van der Waals surface area (Å²) >= 11 is 0.389. The summed E-state index contributed by atoms with van der Waals surface area (Å²) in [4.78, 5) is 16.3. The van der Waals surface area contributed by atoms with Gasteiger partial charge in [-0.3, -0.25) is 0 Å². The fourth-order valence-electron chi connectivity index (χ4n) is 5.27. The first-order chi connectivity index (χ1) is 19.1. The number of aromatic nitrogens is 3. The number of imidazole rings is 1. The van der Waals surface area contributed by atoms with Gasteiger partial charge < -0.3 is 0 Å². The van der Waals surface area contributed by atoms with Crippen LogP contribution in [-0.4, -0.2) is 45.1 Å². The van der Waals surface area contributed by atoms with Crippen LogP contribution >= 0.6 is 0 Å².